The van der Waals surface area contributed by atoms with Crippen molar-refractivity contribution in [3.63, 3.8) is 0 Å². The van der Waals surface area contributed by atoms with Gasteiger partial charge in [0.2, 0.25) is 5.09 Å². The summed E-state index contributed by atoms with van der Waals surface area (Å²) in [5, 5.41) is -0.239. The predicted octanol–water partition coefficient (Wildman–Crippen LogP) is 1.12. The molecule has 0 radical (unpaired) electrons. The van der Waals surface area contributed by atoms with Crippen LogP contribution in [0.15, 0.2) is 15.6 Å². The number of sulfonamides is 1. The molecule has 1 amide bonds. The number of rotatable bonds is 4. The Labute approximate surface area is 143 Å². The van der Waals surface area contributed by atoms with Crippen molar-refractivity contribution in [2.24, 2.45) is 11.7 Å². The van der Waals surface area contributed by atoms with Crippen LogP contribution < -0.4 is 10.5 Å². The number of aryl methyl sites for hydroxylation is 1. The second kappa shape index (κ2) is 7.65. The first-order chi connectivity index (χ1) is 10.3. The van der Waals surface area contributed by atoms with E-state index in [1.807, 2.05) is 6.92 Å². The number of carbonyl (C=O) groups excluding carboxylic acids is 1. The molecule has 2 atom stereocenters. The Morgan fingerprint density at radius 1 is 1.52 bits per heavy atom. The predicted molar refractivity (Wildman–Crippen MR) is 89.2 cm³/mol. The summed E-state index contributed by atoms with van der Waals surface area (Å²) in [6.07, 6.45) is 1.90. The molecule has 2 unspecified atom stereocenters. The third kappa shape index (κ3) is 4.26. The summed E-state index contributed by atoms with van der Waals surface area (Å²) in [6.45, 7) is 4.78. The maximum Gasteiger partial charge on any atom is 0.273 e. The van der Waals surface area contributed by atoms with E-state index in [0.29, 0.717) is 24.4 Å². The fraction of sp³-hybridized carbons (Fsp3) is 0.643. The minimum atomic E-state index is -3.70. The molecule has 9 heteroatoms. The average molecular weight is 366 g/mol. The minimum Gasteiger partial charge on any atom is -0.448 e. The third-order valence-electron chi connectivity index (χ3n) is 4.15. The number of furan rings is 1. The lowest BCUT2D eigenvalue weighted by Crippen LogP contribution is -2.45. The van der Waals surface area contributed by atoms with Gasteiger partial charge in [0.1, 0.15) is 5.76 Å². The molecule has 0 aliphatic carbocycles. The Hall–Kier alpha value is -1.09. The highest BCUT2D eigenvalue weighted by Crippen LogP contribution is 2.24. The van der Waals surface area contributed by atoms with Crippen LogP contribution in [0.3, 0.4) is 0 Å². The van der Waals surface area contributed by atoms with Gasteiger partial charge >= 0.3 is 0 Å². The van der Waals surface area contributed by atoms with E-state index in [0.717, 1.165) is 12.8 Å². The Bertz CT molecular complexity index is 657. The number of hydrogen-bond acceptors (Lipinski definition) is 5. The quantitative estimate of drug-likeness (QED) is 0.831. The number of amides is 1. The smallest absolute Gasteiger partial charge is 0.273 e. The first kappa shape index (κ1) is 20.0. The monoisotopic (exact) mass is 365 g/mol. The van der Waals surface area contributed by atoms with Crippen molar-refractivity contribution < 1.29 is 17.6 Å². The van der Waals surface area contributed by atoms with Crippen LogP contribution in [0.2, 0.25) is 0 Å². The van der Waals surface area contributed by atoms with Crippen LogP contribution in [0.5, 0.6) is 0 Å². The van der Waals surface area contributed by atoms with E-state index < -0.39 is 10.0 Å². The van der Waals surface area contributed by atoms with Crippen LogP contribution in [-0.2, 0) is 10.0 Å². The third-order valence-corrected chi connectivity index (χ3v) is 5.42. The van der Waals surface area contributed by atoms with Gasteiger partial charge in [-0.25, -0.2) is 13.1 Å². The zero-order valence-corrected chi connectivity index (χ0v) is 15.2. The second-order valence-corrected chi connectivity index (χ2v) is 7.57. The lowest BCUT2D eigenvalue weighted by atomic mass is 9.92. The molecular formula is C14H24ClN3O4S. The van der Waals surface area contributed by atoms with Gasteiger partial charge < -0.3 is 15.1 Å². The fourth-order valence-corrected chi connectivity index (χ4v) is 3.40. The molecule has 1 aliphatic heterocycles. The molecule has 0 bridgehead atoms. The molecule has 3 N–H and O–H groups in total. The highest BCUT2D eigenvalue weighted by atomic mass is 35.5. The molecule has 1 aromatic rings. The normalized spacial score (nSPS) is 20.0. The zero-order chi connectivity index (χ0) is 16.5. The standard InChI is InChI=1S/C14H23N3O4S.ClH/c1-9(15)11-5-4-6-17(8-11)14(18)12-7-13(21-10(12)2)22(19,20)16-3;/h7,9,11,16H,4-6,8,15H2,1-3H3;1H. The lowest BCUT2D eigenvalue weighted by Gasteiger charge is -2.34. The highest BCUT2D eigenvalue weighted by Gasteiger charge is 2.30. The van der Waals surface area contributed by atoms with Gasteiger partial charge in [-0.1, -0.05) is 0 Å². The van der Waals surface area contributed by atoms with Crippen molar-refractivity contribution in [3.05, 3.63) is 17.4 Å². The molecule has 132 valence electrons. The van der Waals surface area contributed by atoms with E-state index in [9.17, 15) is 13.2 Å². The summed E-state index contributed by atoms with van der Waals surface area (Å²) < 4.78 is 30.9. The number of nitrogens with zero attached hydrogens (tertiary/aromatic N) is 1. The largest absolute Gasteiger partial charge is 0.448 e. The van der Waals surface area contributed by atoms with Crippen LogP contribution in [0.1, 0.15) is 35.9 Å². The molecule has 0 aromatic carbocycles. The molecule has 0 saturated carbocycles. The molecule has 1 saturated heterocycles. The SMILES string of the molecule is CNS(=O)(=O)c1cc(C(=O)N2CCCC(C(C)N)C2)c(C)o1.Cl. The molecule has 1 aromatic heterocycles. The van der Waals surface area contributed by atoms with Crippen molar-refractivity contribution >= 4 is 28.3 Å². The molecule has 7 nitrogen and oxygen atoms in total. The molecule has 2 rings (SSSR count). The molecule has 1 aliphatic rings. The van der Waals surface area contributed by atoms with Crippen LogP contribution in [0.4, 0.5) is 0 Å². The van der Waals surface area contributed by atoms with Crippen molar-refractivity contribution in [2.45, 2.75) is 37.8 Å². The summed E-state index contributed by atoms with van der Waals surface area (Å²) >= 11 is 0. The molecular weight excluding hydrogens is 342 g/mol. The van der Waals surface area contributed by atoms with Gasteiger partial charge in [-0.2, -0.15) is 0 Å². The number of piperidine rings is 1. The van der Waals surface area contributed by atoms with E-state index in [4.69, 9.17) is 10.2 Å². The number of halogens is 1. The van der Waals surface area contributed by atoms with Crippen molar-refractivity contribution in [2.75, 3.05) is 20.1 Å². The van der Waals surface area contributed by atoms with E-state index in [1.165, 1.54) is 13.1 Å². The minimum absolute atomic E-state index is 0. The second-order valence-electron chi connectivity index (χ2n) is 5.76. The highest BCUT2D eigenvalue weighted by molar-refractivity contribution is 7.89. The van der Waals surface area contributed by atoms with Gasteiger partial charge in [-0.15, -0.1) is 12.4 Å². The van der Waals surface area contributed by atoms with E-state index in [2.05, 4.69) is 4.72 Å². The summed E-state index contributed by atoms with van der Waals surface area (Å²) in [7, 11) is -2.40. The van der Waals surface area contributed by atoms with E-state index in [1.54, 1.807) is 11.8 Å². The Morgan fingerprint density at radius 2 is 2.17 bits per heavy atom. The first-order valence-electron chi connectivity index (χ1n) is 7.35. The van der Waals surface area contributed by atoms with Crippen LogP contribution in [0, 0.1) is 12.8 Å². The van der Waals surface area contributed by atoms with E-state index >= 15 is 0 Å². The van der Waals surface area contributed by atoms with Gasteiger partial charge in [0.25, 0.3) is 15.9 Å². The number of nitrogens with two attached hydrogens (primary N) is 1. The van der Waals surface area contributed by atoms with Crippen LogP contribution in [0.25, 0.3) is 0 Å². The summed E-state index contributed by atoms with van der Waals surface area (Å²) in [5.74, 6) is 0.372. The molecule has 1 fully saturated rings. The summed E-state index contributed by atoms with van der Waals surface area (Å²) in [4.78, 5) is 14.4. The Morgan fingerprint density at radius 3 is 2.74 bits per heavy atom. The maximum absolute atomic E-state index is 12.6. The Kier molecular flexibility index (Phi) is 6.64. The van der Waals surface area contributed by atoms with Gasteiger partial charge in [-0.3, -0.25) is 4.79 Å². The van der Waals surface area contributed by atoms with Crippen LogP contribution in [-0.4, -0.2) is 45.4 Å². The molecule has 0 spiro atoms. The van der Waals surface area contributed by atoms with Gasteiger partial charge in [0, 0.05) is 25.2 Å². The lowest BCUT2D eigenvalue weighted by molar-refractivity contribution is 0.0659. The average Bonchev–Trinajstić information content (AvgIpc) is 2.89. The van der Waals surface area contributed by atoms with Gasteiger partial charge in [-0.05, 0) is 39.7 Å². The molecule has 2 heterocycles. The fourth-order valence-electron chi connectivity index (χ4n) is 2.69. The summed E-state index contributed by atoms with van der Waals surface area (Å²) in [5.41, 5.74) is 6.22. The zero-order valence-electron chi connectivity index (χ0n) is 13.5. The van der Waals surface area contributed by atoms with Crippen molar-refractivity contribution in [1.29, 1.82) is 0 Å². The van der Waals surface area contributed by atoms with Crippen LogP contribution >= 0.6 is 12.4 Å². The van der Waals surface area contributed by atoms with Crippen molar-refractivity contribution in [1.82, 2.24) is 9.62 Å². The molecule has 23 heavy (non-hydrogen) atoms. The maximum atomic E-state index is 12.6. The number of carbonyl (C=O) groups is 1. The topological polar surface area (TPSA) is 106 Å². The Balaban J connectivity index is 0.00000264. The number of likely N-dealkylation sites (tertiary alicyclic amines) is 1. The van der Waals surface area contributed by atoms with Crippen molar-refractivity contribution in [3.8, 4) is 0 Å². The van der Waals surface area contributed by atoms with Gasteiger partial charge in [0.15, 0.2) is 0 Å². The first-order valence-corrected chi connectivity index (χ1v) is 8.83. The number of hydrogen-bond donors (Lipinski definition) is 2. The number of nitrogens with one attached hydrogen (secondary N) is 1. The summed E-state index contributed by atoms with van der Waals surface area (Å²) in [6, 6.07) is 1.32. The van der Waals surface area contributed by atoms with E-state index in [-0.39, 0.29) is 35.4 Å². The van der Waals surface area contributed by atoms with Gasteiger partial charge in [0.05, 0.1) is 5.56 Å².